The molecule has 0 spiro atoms. The predicted molar refractivity (Wildman–Crippen MR) is 118 cm³/mol. The highest BCUT2D eigenvalue weighted by Crippen LogP contribution is 2.23. The number of hydrogen-bond acceptors (Lipinski definition) is 5. The van der Waals surface area contributed by atoms with Crippen molar-refractivity contribution in [1.29, 1.82) is 0 Å². The second-order valence-corrected chi connectivity index (χ2v) is 7.75. The zero-order chi connectivity index (χ0) is 20.6. The Kier molecular flexibility index (Phi) is 7.43. The number of thioether (sulfide) groups is 1. The summed E-state index contributed by atoms with van der Waals surface area (Å²) in [6.07, 6.45) is 1.75. The molecule has 6 nitrogen and oxygen atoms in total. The SMILES string of the molecule is CCC/C(=N/NC(=O)CSc1nnc(-c2ccc(Cl)cc2)n1C)c1ccccc1. The molecule has 1 aromatic heterocycles. The highest BCUT2D eigenvalue weighted by atomic mass is 35.5. The average molecular weight is 428 g/mol. The lowest BCUT2D eigenvalue weighted by Gasteiger charge is -2.07. The molecule has 150 valence electrons. The van der Waals surface area contributed by atoms with Crippen molar-refractivity contribution in [2.24, 2.45) is 12.1 Å². The van der Waals surface area contributed by atoms with Crippen LogP contribution in [0.25, 0.3) is 11.4 Å². The van der Waals surface area contributed by atoms with Gasteiger partial charge >= 0.3 is 0 Å². The minimum Gasteiger partial charge on any atom is -0.305 e. The second kappa shape index (κ2) is 10.2. The molecular weight excluding hydrogens is 406 g/mol. The topological polar surface area (TPSA) is 72.2 Å². The molecule has 0 saturated carbocycles. The van der Waals surface area contributed by atoms with Crippen molar-refractivity contribution < 1.29 is 4.79 Å². The van der Waals surface area contributed by atoms with Crippen LogP contribution in [-0.2, 0) is 11.8 Å². The Morgan fingerprint density at radius 3 is 2.55 bits per heavy atom. The van der Waals surface area contributed by atoms with Gasteiger partial charge in [0.05, 0.1) is 11.5 Å². The highest BCUT2D eigenvalue weighted by molar-refractivity contribution is 7.99. The zero-order valence-electron chi connectivity index (χ0n) is 16.3. The van der Waals surface area contributed by atoms with Crippen molar-refractivity contribution in [3.63, 3.8) is 0 Å². The summed E-state index contributed by atoms with van der Waals surface area (Å²) in [6.45, 7) is 2.09. The number of amides is 1. The molecule has 0 bridgehead atoms. The summed E-state index contributed by atoms with van der Waals surface area (Å²) < 4.78 is 1.86. The van der Waals surface area contributed by atoms with Crippen molar-refractivity contribution in [2.45, 2.75) is 24.9 Å². The molecule has 0 unspecified atom stereocenters. The van der Waals surface area contributed by atoms with Gasteiger partial charge in [-0.15, -0.1) is 10.2 Å². The Hall–Kier alpha value is -2.64. The van der Waals surface area contributed by atoms with Crippen LogP contribution in [0.5, 0.6) is 0 Å². The van der Waals surface area contributed by atoms with E-state index in [0.717, 1.165) is 35.5 Å². The van der Waals surface area contributed by atoms with Crippen LogP contribution < -0.4 is 5.43 Å². The van der Waals surface area contributed by atoms with Crippen LogP contribution in [0.4, 0.5) is 0 Å². The Bertz CT molecular complexity index is 986. The number of hydrazone groups is 1. The predicted octanol–water partition coefficient (Wildman–Crippen LogP) is 4.55. The molecule has 0 fully saturated rings. The van der Waals surface area contributed by atoms with Crippen molar-refractivity contribution in [3.05, 3.63) is 65.2 Å². The summed E-state index contributed by atoms with van der Waals surface area (Å²) in [5.74, 6) is 0.733. The number of nitrogens with zero attached hydrogens (tertiary/aromatic N) is 4. The first-order valence-corrected chi connectivity index (χ1v) is 10.6. The Labute approximate surface area is 179 Å². The number of carbonyl (C=O) groups excluding carboxylic acids is 1. The number of rotatable bonds is 8. The largest absolute Gasteiger partial charge is 0.305 e. The van der Waals surface area contributed by atoms with Gasteiger partial charge in [0.1, 0.15) is 0 Å². The number of nitrogens with one attached hydrogen (secondary N) is 1. The number of aromatic nitrogens is 3. The van der Waals surface area contributed by atoms with Gasteiger partial charge in [-0.05, 0) is 36.2 Å². The summed E-state index contributed by atoms with van der Waals surface area (Å²) >= 11 is 7.25. The van der Waals surface area contributed by atoms with Crippen LogP contribution in [0.1, 0.15) is 25.3 Å². The van der Waals surface area contributed by atoms with Crippen LogP contribution in [-0.4, -0.2) is 32.1 Å². The van der Waals surface area contributed by atoms with Crippen molar-refractivity contribution in [3.8, 4) is 11.4 Å². The van der Waals surface area contributed by atoms with E-state index < -0.39 is 0 Å². The fraction of sp³-hybridized carbons (Fsp3) is 0.238. The first kappa shape index (κ1) is 21.1. The van der Waals surface area contributed by atoms with Crippen molar-refractivity contribution in [1.82, 2.24) is 20.2 Å². The first-order valence-electron chi connectivity index (χ1n) is 9.27. The highest BCUT2D eigenvalue weighted by Gasteiger charge is 2.13. The normalized spacial score (nSPS) is 11.5. The molecule has 0 radical (unpaired) electrons. The Balaban J connectivity index is 1.61. The van der Waals surface area contributed by atoms with Gasteiger partial charge < -0.3 is 4.57 Å². The molecule has 1 N–H and O–H groups in total. The Morgan fingerprint density at radius 2 is 1.86 bits per heavy atom. The molecule has 8 heteroatoms. The maximum absolute atomic E-state index is 12.3. The molecule has 0 saturated heterocycles. The maximum atomic E-state index is 12.3. The summed E-state index contributed by atoms with van der Waals surface area (Å²) in [5, 5.41) is 14.1. The van der Waals surface area contributed by atoms with E-state index >= 15 is 0 Å². The van der Waals surface area contributed by atoms with Gasteiger partial charge in [0.15, 0.2) is 11.0 Å². The van der Waals surface area contributed by atoms with Gasteiger partial charge in [-0.3, -0.25) is 4.79 Å². The van der Waals surface area contributed by atoms with Gasteiger partial charge in [0, 0.05) is 17.6 Å². The van der Waals surface area contributed by atoms with E-state index in [1.807, 2.05) is 66.2 Å². The maximum Gasteiger partial charge on any atom is 0.250 e. The molecule has 2 aromatic carbocycles. The van der Waals surface area contributed by atoms with Gasteiger partial charge in [-0.2, -0.15) is 5.10 Å². The van der Waals surface area contributed by atoms with E-state index in [4.69, 9.17) is 11.6 Å². The third-order valence-electron chi connectivity index (χ3n) is 4.18. The van der Waals surface area contributed by atoms with E-state index in [-0.39, 0.29) is 11.7 Å². The van der Waals surface area contributed by atoms with E-state index in [0.29, 0.717) is 10.2 Å². The summed E-state index contributed by atoms with van der Waals surface area (Å²) in [4.78, 5) is 12.3. The molecule has 0 aliphatic carbocycles. The van der Waals surface area contributed by atoms with Crippen LogP contribution >= 0.6 is 23.4 Å². The molecule has 3 aromatic rings. The molecule has 0 atom stereocenters. The second-order valence-electron chi connectivity index (χ2n) is 6.37. The third-order valence-corrected chi connectivity index (χ3v) is 5.45. The first-order chi connectivity index (χ1) is 14.1. The zero-order valence-corrected chi connectivity index (χ0v) is 17.9. The molecule has 1 amide bonds. The van der Waals surface area contributed by atoms with Gasteiger partial charge in [0.25, 0.3) is 5.91 Å². The molecule has 3 rings (SSSR count). The van der Waals surface area contributed by atoms with E-state index in [2.05, 4.69) is 27.6 Å². The van der Waals surface area contributed by atoms with Crippen molar-refractivity contribution in [2.75, 3.05) is 5.75 Å². The fourth-order valence-electron chi connectivity index (χ4n) is 2.72. The van der Waals surface area contributed by atoms with Gasteiger partial charge in [-0.1, -0.05) is 67.0 Å². The van der Waals surface area contributed by atoms with E-state index in [9.17, 15) is 4.79 Å². The minimum absolute atomic E-state index is 0.185. The number of benzene rings is 2. The third kappa shape index (κ3) is 5.68. The van der Waals surface area contributed by atoms with Crippen LogP contribution in [0.15, 0.2) is 64.9 Å². The van der Waals surface area contributed by atoms with Gasteiger partial charge in [0.2, 0.25) is 0 Å². The fourth-order valence-corrected chi connectivity index (χ4v) is 3.54. The number of halogens is 1. The standard InChI is InChI=1S/C21H22ClN5OS/c1-3-7-18(15-8-5-4-6-9-15)23-24-19(28)14-29-21-26-25-20(27(21)2)16-10-12-17(22)13-11-16/h4-6,8-13H,3,7,14H2,1-2H3,(H,24,28)/b23-18-. The van der Waals surface area contributed by atoms with Crippen LogP contribution in [0.2, 0.25) is 5.02 Å². The summed E-state index contributed by atoms with van der Waals surface area (Å²) in [7, 11) is 1.87. The summed E-state index contributed by atoms with van der Waals surface area (Å²) in [5.41, 5.74) is 5.46. The molecular formula is C21H22ClN5OS. The minimum atomic E-state index is -0.185. The molecule has 1 heterocycles. The molecule has 29 heavy (non-hydrogen) atoms. The van der Waals surface area contributed by atoms with E-state index in [1.54, 1.807) is 0 Å². The number of hydrogen-bond donors (Lipinski definition) is 1. The molecule has 0 aliphatic rings. The van der Waals surface area contributed by atoms with Crippen molar-refractivity contribution >= 4 is 35.0 Å². The Morgan fingerprint density at radius 1 is 1.14 bits per heavy atom. The molecule has 0 aliphatic heterocycles. The monoisotopic (exact) mass is 427 g/mol. The van der Waals surface area contributed by atoms with E-state index in [1.165, 1.54) is 11.8 Å². The smallest absolute Gasteiger partial charge is 0.250 e. The van der Waals surface area contributed by atoms with Crippen LogP contribution in [0.3, 0.4) is 0 Å². The lowest BCUT2D eigenvalue weighted by Crippen LogP contribution is -2.22. The average Bonchev–Trinajstić information content (AvgIpc) is 3.11. The van der Waals surface area contributed by atoms with Gasteiger partial charge in [-0.25, -0.2) is 5.43 Å². The lowest BCUT2D eigenvalue weighted by atomic mass is 10.1. The summed E-state index contributed by atoms with van der Waals surface area (Å²) in [6, 6.07) is 17.3. The quantitative estimate of drug-likeness (QED) is 0.325. The number of carbonyl (C=O) groups is 1. The lowest BCUT2D eigenvalue weighted by molar-refractivity contribution is -0.118. The van der Waals surface area contributed by atoms with Crippen LogP contribution in [0, 0.1) is 0 Å².